The predicted molar refractivity (Wildman–Crippen MR) is 155 cm³/mol. The van der Waals surface area contributed by atoms with E-state index in [1.807, 2.05) is 72.8 Å². The molecule has 0 saturated carbocycles. The second kappa shape index (κ2) is 17.8. The average Bonchev–Trinajstić information content (AvgIpc) is 3.03. The monoisotopic (exact) mass is 564 g/mol. The van der Waals surface area contributed by atoms with Crippen LogP contribution in [0.2, 0.25) is 0 Å². The van der Waals surface area contributed by atoms with Gasteiger partial charge in [0, 0.05) is 24.3 Å². The highest BCUT2D eigenvalue weighted by molar-refractivity contribution is 5.93. The molecule has 0 aliphatic rings. The molecule has 42 heavy (non-hydrogen) atoms. The largest absolute Gasteiger partial charge is 0.458 e. The Hall–Kier alpha value is -5.76. The summed E-state index contributed by atoms with van der Waals surface area (Å²) in [6.45, 7) is 0.339. The van der Waals surface area contributed by atoms with Crippen molar-refractivity contribution in [3.63, 3.8) is 0 Å². The highest BCUT2D eigenvalue weighted by atomic mass is 16.5. The van der Waals surface area contributed by atoms with E-state index in [1.165, 1.54) is 0 Å². The fourth-order valence-corrected chi connectivity index (χ4v) is 3.10. The number of carbonyl (C=O) groups excluding carboxylic acids is 4. The summed E-state index contributed by atoms with van der Waals surface area (Å²) in [6.07, 6.45) is 4.18. The molecule has 0 atom stereocenters. The number of carbonyl (C=O) groups is 4. The van der Waals surface area contributed by atoms with Crippen molar-refractivity contribution in [3.05, 3.63) is 157 Å². The highest BCUT2D eigenvalue weighted by Crippen LogP contribution is 2.10. The second-order valence-corrected chi connectivity index (χ2v) is 8.32. The smallest absolute Gasteiger partial charge is 0.336 e. The van der Waals surface area contributed by atoms with E-state index in [2.05, 4.69) is 0 Å². The van der Waals surface area contributed by atoms with Crippen molar-refractivity contribution in [2.24, 2.45) is 0 Å². The molecule has 0 heterocycles. The summed E-state index contributed by atoms with van der Waals surface area (Å²) in [5.74, 6) is -1.61. The Morgan fingerprint density at radius 1 is 0.405 bits per heavy atom. The van der Waals surface area contributed by atoms with Gasteiger partial charge >= 0.3 is 23.9 Å². The topological polar surface area (TPSA) is 105 Å². The zero-order valence-corrected chi connectivity index (χ0v) is 22.5. The van der Waals surface area contributed by atoms with Gasteiger partial charge in [0.05, 0.1) is 0 Å². The van der Waals surface area contributed by atoms with Gasteiger partial charge in [-0.05, 0) is 35.4 Å². The van der Waals surface area contributed by atoms with E-state index in [-0.39, 0.29) is 13.2 Å². The van der Waals surface area contributed by atoms with Crippen LogP contribution in [0.25, 0.3) is 0 Å². The molecule has 0 aromatic heterocycles. The van der Waals surface area contributed by atoms with Crippen LogP contribution in [0, 0.1) is 0 Å². The Labute approximate surface area is 243 Å². The normalized spacial score (nSPS) is 10.3. The van der Waals surface area contributed by atoms with Crippen LogP contribution in [0.4, 0.5) is 0 Å². The van der Waals surface area contributed by atoms with E-state index in [1.54, 1.807) is 48.5 Å². The molecule has 0 fully saturated rings. The Balaban J connectivity index is 0.000000231. The van der Waals surface area contributed by atoms with Gasteiger partial charge in [-0.2, -0.15) is 0 Å². The van der Waals surface area contributed by atoms with Crippen molar-refractivity contribution in [1.29, 1.82) is 0 Å². The zero-order chi connectivity index (χ0) is 29.8. The molecule has 8 heteroatoms. The molecule has 0 aliphatic carbocycles. The Morgan fingerprint density at radius 2 is 0.690 bits per heavy atom. The van der Waals surface area contributed by atoms with Gasteiger partial charge in [-0.1, -0.05) is 97.1 Å². The minimum atomic E-state index is -0.638. The summed E-state index contributed by atoms with van der Waals surface area (Å²) in [5, 5.41) is 0. The fourth-order valence-electron chi connectivity index (χ4n) is 3.10. The maximum absolute atomic E-state index is 11.5. The van der Waals surface area contributed by atoms with Crippen molar-refractivity contribution in [2.75, 3.05) is 0 Å². The van der Waals surface area contributed by atoms with Crippen LogP contribution in [0.5, 0.6) is 11.5 Å². The van der Waals surface area contributed by atoms with Gasteiger partial charge in [0.15, 0.2) is 0 Å². The maximum atomic E-state index is 11.5. The lowest BCUT2D eigenvalue weighted by Gasteiger charge is -2.02. The first-order valence-corrected chi connectivity index (χ1v) is 12.8. The number of hydrogen-bond acceptors (Lipinski definition) is 8. The third-order valence-electron chi connectivity index (χ3n) is 5.08. The molecule has 0 aliphatic heterocycles. The number of ether oxygens (including phenoxy) is 4. The maximum Gasteiger partial charge on any atom is 0.336 e. The van der Waals surface area contributed by atoms with Gasteiger partial charge < -0.3 is 18.9 Å². The first-order valence-electron chi connectivity index (χ1n) is 12.8. The molecule has 0 radical (unpaired) electrons. The predicted octanol–water partition coefficient (Wildman–Crippen LogP) is 5.78. The van der Waals surface area contributed by atoms with E-state index in [4.69, 9.17) is 18.9 Å². The fraction of sp³-hybridized carbons (Fsp3) is 0.0588. The minimum absolute atomic E-state index is 0.170. The first kappa shape index (κ1) is 30.8. The van der Waals surface area contributed by atoms with Crippen LogP contribution in [0.15, 0.2) is 146 Å². The summed E-state index contributed by atoms with van der Waals surface area (Å²) in [5.41, 5.74) is 1.77. The summed E-state index contributed by atoms with van der Waals surface area (Å²) >= 11 is 0. The van der Waals surface area contributed by atoms with Gasteiger partial charge in [-0.15, -0.1) is 0 Å². The summed E-state index contributed by atoms with van der Waals surface area (Å²) < 4.78 is 20.0. The van der Waals surface area contributed by atoms with Gasteiger partial charge in [-0.3, -0.25) is 0 Å². The van der Waals surface area contributed by atoms with Crippen LogP contribution in [0.1, 0.15) is 11.1 Å². The number of para-hydroxylation sites is 2. The molecule has 212 valence electrons. The number of benzene rings is 4. The molecule has 0 unspecified atom stereocenters. The molecule has 0 amide bonds. The average molecular weight is 565 g/mol. The second-order valence-electron chi connectivity index (χ2n) is 8.32. The van der Waals surface area contributed by atoms with E-state index in [0.29, 0.717) is 11.5 Å². The van der Waals surface area contributed by atoms with E-state index in [9.17, 15) is 19.2 Å². The third kappa shape index (κ3) is 12.9. The minimum Gasteiger partial charge on any atom is -0.458 e. The lowest BCUT2D eigenvalue weighted by molar-refractivity contribution is -0.141. The molecule has 0 saturated heterocycles. The molecule has 8 nitrogen and oxygen atoms in total. The van der Waals surface area contributed by atoms with Crippen LogP contribution >= 0.6 is 0 Å². The van der Waals surface area contributed by atoms with Gasteiger partial charge in [0.2, 0.25) is 0 Å². The molecule has 0 spiro atoms. The number of esters is 4. The van der Waals surface area contributed by atoms with Crippen molar-refractivity contribution in [3.8, 4) is 11.5 Å². The van der Waals surface area contributed by atoms with Crippen LogP contribution in [-0.4, -0.2) is 23.9 Å². The quantitative estimate of drug-likeness (QED) is 0.136. The van der Waals surface area contributed by atoms with Gasteiger partial charge in [0.1, 0.15) is 24.7 Å². The molecular formula is C34H28O8. The zero-order valence-electron chi connectivity index (χ0n) is 22.5. The van der Waals surface area contributed by atoms with E-state index < -0.39 is 23.9 Å². The van der Waals surface area contributed by atoms with Gasteiger partial charge in [-0.25, -0.2) is 19.2 Å². The van der Waals surface area contributed by atoms with E-state index in [0.717, 1.165) is 35.4 Å². The van der Waals surface area contributed by atoms with Crippen LogP contribution in [0.3, 0.4) is 0 Å². The van der Waals surface area contributed by atoms with Crippen molar-refractivity contribution in [1.82, 2.24) is 0 Å². The van der Waals surface area contributed by atoms with Crippen molar-refractivity contribution in [2.45, 2.75) is 13.2 Å². The highest BCUT2D eigenvalue weighted by Gasteiger charge is 2.04. The Morgan fingerprint density at radius 3 is 1.02 bits per heavy atom. The molecule has 0 bridgehead atoms. The SMILES string of the molecule is O=C(/C=C\C(=O)OCc1ccccc1)OCc1ccccc1.O=C(/C=C\C(=O)Oc1ccccc1)Oc1ccccc1. The molecule has 0 N–H and O–H groups in total. The number of hydrogen-bond donors (Lipinski definition) is 0. The Kier molecular flexibility index (Phi) is 13.0. The number of rotatable bonds is 10. The summed E-state index contributed by atoms with van der Waals surface area (Å²) in [6, 6.07) is 35.8. The van der Waals surface area contributed by atoms with Crippen molar-refractivity contribution < 1.29 is 38.1 Å². The molecule has 4 aromatic rings. The Bertz CT molecular complexity index is 1350. The lowest BCUT2D eigenvalue weighted by atomic mass is 10.2. The van der Waals surface area contributed by atoms with Gasteiger partial charge in [0.25, 0.3) is 0 Å². The summed E-state index contributed by atoms with van der Waals surface area (Å²) in [7, 11) is 0. The molecule has 4 rings (SSSR count). The van der Waals surface area contributed by atoms with Crippen LogP contribution in [-0.2, 0) is 41.9 Å². The van der Waals surface area contributed by atoms with E-state index >= 15 is 0 Å². The van der Waals surface area contributed by atoms with Crippen LogP contribution < -0.4 is 9.47 Å². The standard InChI is InChI=1S/C18H16O4.C16H12O4/c19-17(21-13-15-7-3-1-4-8-15)11-12-18(20)22-14-16-9-5-2-6-10-16;17-15(19-13-7-3-1-4-8-13)11-12-16(18)20-14-9-5-2-6-10-14/h1-12H,13-14H2;1-12H/b2*12-11-. The molecular weight excluding hydrogens is 536 g/mol. The first-order chi connectivity index (χ1) is 20.5. The molecule has 4 aromatic carbocycles. The van der Waals surface area contributed by atoms with Crippen molar-refractivity contribution >= 4 is 23.9 Å². The summed E-state index contributed by atoms with van der Waals surface area (Å²) in [4.78, 5) is 45.9. The lowest BCUT2D eigenvalue weighted by Crippen LogP contribution is -2.08. The third-order valence-corrected chi connectivity index (χ3v) is 5.08.